The van der Waals surface area contributed by atoms with Crippen LogP contribution in [0.3, 0.4) is 0 Å². The van der Waals surface area contributed by atoms with E-state index in [0.717, 1.165) is 17.7 Å². The SMILES string of the molecule is CCN(C(=O)[C@@H](N)CC(C)C)c1ccccc1C. The first-order valence-corrected chi connectivity index (χ1v) is 6.60. The van der Waals surface area contributed by atoms with Gasteiger partial charge in [0.1, 0.15) is 0 Å². The quantitative estimate of drug-likeness (QED) is 0.871. The van der Waals surface area contributed by atoms with Crippen molar-refractivity contribution in [2.45, 2.75) is 40.2 Å². The second-order valence-electron chi connectivity index (χ2n) is 5.11. The Balaban J connectivity index is 2.90. The summed E-state index contributed by atoms with van der Waals surface area (Å²) in [5.74, 6) is 0.444. The predicted molar refractivity (Wildman–Crippen MR) is 76.6 cm³/mol. The van der Waals surface area contributed by atoms with Gasteiger partial charge in [-0.2, -0.15) is 0 Å². The van der Waals surface area contributed by atoms with Crippen molar-refractivity contribution in [3.63, 3.8) is 0 Å². The van der Waals surface area contributed by atoms with Gasteiger partial charge in [-0.05, 0) is 37.8 Å². The van der Waals surface area contributed by atoms with E-state index < -0.39 is 6.04 Å². The average molecular weight is 248 g/mol. The molecule has 0 heterocycles. The molecule has 1 amide bonds. The minimum atomic E-state index is -0.412. The number of carbonyl (C=O) groups is 1. The summed E-state index contributed by atoms with van der Waals surface area (Å²) in [7, 11) is 0. The Bertz CT molecular complexity index is 401. The molecule has 1 aromatic rings. The number of nitrogens with two attached hydrogens (primary N) is 1. The fourth-order valence-electron chi connectivity index (χ4n) is 2.12. The highest BCUT2D eigenvalue weighted by atomic mass is 16.2. The molecule has 0 fully saturated rings. The molecule has 0 radical (unpaired) electrons. The van der Waals surface area contributed by atoms with Crippen LogP contribution >= 0.6 is 0 Å². The van der Waals surface area contributed by atoms with Crippen LogP contribution in [-0.4, -0.2) is 18.5 Å². The summed E-state index contributed by atoms with van der Waals surface area (Å²) in [6.45, 7) is 8.80. The third kappa shape index (κ3) is 3.57. The van der Waals surface area contributed by atoms with Crippen molar-refractivity contribution in [3.8, 4) is 0 Å². The summed E-state index contributed by atoms with van der Waals surface area (Å²) < 4.78 is 0. The molecule has 3 heteroatoms. The maximum Gasteiger partial charge on any atom is 0.243 e. The highest BCUT2D eigenvalue weighted by Gasteiger charge is 2.22. The second-order valence-corrected chi connectivity index (χ2v) is 5.11. The molecule has 1 rings (SSSR count). The summed E-state index contributed by atoms with van der Waals surface area (Å²) in [5.41, 5.74) is 8.05. The molecule has 0 aliphatic heterocycles. The van der Waals surface area contributed by atoms with Gasteiger partial charge in [0.05, 0.1) is 6.04 Å². The standard InChI is InChI=1S/C15H24N2O/c1-5-17(14-9-7-6-8-12(14)4)15(18)13(16)10-11(2)3/h6-9,11,13H,5,10,16H2,1-4H3/t13-/m0/s1. The molecule has 0 saturated heterocycles. The number of amides is 1. The highest BCUT2D eigenvalue weighted by Crippen LogP contribution is 2.20. The first-order chi connectivity index (χ1) is 8.47. The molecule has 18 heavy (non-hydrogen) atoms. The van der Waals surface area contributed by atoms with Crippen molar-refractivity contribution < 1.29 is 4.79 Å². The molecule has 0 aliphatic carbocycles. The van der Waals surface area contributed by atoms with Crippen molar-refractivity contribution in [1.29, 1.82) is 0 Å². The van der Waals surface area contributed by atoms with Gasteiger partial charge in [-0.1, -0.05) is 32.0 Å². The predicted octanol–water partition coefficient (Wildman–Crippen LogP) is 2.72. The summed E-state index contributed by atoms with van der Waals surface area (Å²) in [6.07, 6.45) is 0.723. The highest BCUT2D eigenvalue weighted by molar-refractivity contribution is 5.97. The maximum absolute atomic E-state index is 12.4. The molecule has 0 bridgehead atoms. The number of nitrogens with zero attached hydrogens (tertiary/aromatic N) is 1. The van der Waals surface area contributed by atoms with Crippen molar-refractivity contribution >= 4 is 11.6 Å². The van der Waals surface area contributed by atoms with E-state index >= 15 is 0 Å². The van der Waals surface area contributed by atoms with E-state index in [2.05, 4.69) is 13.8 Å². The van der Waals surface area contributed by atoms with Gasteiger partial charge < -0.3 is 10.6 Å². The van der Waals surface area contributed by atoms with Crippen LogP contribution in [0.2, 0.25) is 0 Å². The topological polar surface area (TPSA) is 46.3 Å². The zero-order valence-electron chi connectivity index (χ0n) is 11.8. The Morgan fingerprint density at radius 3 is 2.44 bits per heavy atom. The van der Waals surface area contributed by atoms with E-state index in [-0.39, 0.29) is 5.91 Å². The molecule has 1 aromatic carbocycles. The number of benzene rings is 1. The van der Waals surface area contributed by atoms with E-state index in [1.807, 2.05) is 38.1 Å². The number of likely N-dealkylation sites (N-methyl/N-ethyl adjacent to an activating group) is 1. The first kappa shape index (κ1) is 14.7. The van der Waals surface area contributed by atoms with E-state index in [1.54, 1.807) is 4.90 Å². The van der Waals surface area contributed by atoms with Gasteiger partial charge >= 0.3 is 0 Å². The zero-order chi connectivity index (χ0) is 13.7. The van der Waals surface area contributed by atoms with Crippen molar-refractivity contribution in [1.82, 2.24) is 0 Å². The lowest BCUT2D eigenvalue weighted by atomic mass is 10.0. The molecule has 0 aliphatic rings. The Morgan fingerprint density at radius 1 is 1.33 bits per heavy atom. The van der Waals surface area contributed by atoms with Crippen LogP contribution in [-0.2, 0) is 4.79 Å². The summed E-state index contributed by atoms with van der Waals surface area (Å²) >= 11 is 0. The molecule has 0 unspecified atom stereocenters. The molecular formula is C15H24N2O. The average Bonchev–Trinajstić information content (AvgIpc) is 2.31. The molecule has 100 valence electrons. The fraction of sp³-hybridized carbons (Fsp3) is 0.533. The summed E-state index contributed by atoms with van der Waals surface area (Å²) in [5, 5.41) is 0. The third-order valence-electron chi connectivity index (χ3n) is 3.03. The van der Waals surface area contributed by atoms with Crippen LogP contribution in [0.15, 0.2) is 24.3 Å². The molecular weight excluding hydrogens is 224 g/mol. The van der Waals surface area contributed by atoms with E-state index in [4.69, 9.17) is 5.73 Å². The lowest BCUT2D eigenvalue weighted by Gasteiger charge is -2.26. The van der Waals surface area contributed by atoms with Gasteiger partial charge in [0.2, 0.25) is 5.91 Å². The summed E-state index contributed by atoms with van der Waals surface area (Å²) in [4.78, 5) is 14.1. The van der Waals surface area contributed by atoms with Crippen molar-refractivity contribution in [2.24, 2.45) is 11.7 Å². The number of carbonyl (C=O) groups excluding carboxylic acids is 1. The smallest absolute Gasteiger partial charge is 0.243 e. The van der Waals surface area contributed by atoms with Gasteiger partial charge in [0.15, 0.2) is 0 Å². The molecule has 0 saturated carbocycles. The van der Waals surface area contributed by atoms with Crippen LogP contribution in [0.5, 0.6) is 0 Å². The van der Waals surface area contributed by atoms with Crippen molar-refractivity contribution in [2.75, 3.05) is 11.4 Å². The lowest BCUT2D eigenvalue weighted by Crippen LogP contribution is -2.44. The Hall–Kier alpha value is -1.35. The van der Waals surface area contributed by atoms with Crippen LogP contribution in [0.4, 0.5) is 5.69 Å². The fourth-order valence-corrected chi connectivity index (χ4v) is 2.12. The van der Waals surface area contributed by atoms with Crippen LogP contribution in [0, 0.1) is 12.8 Å². The Kier molecular flexibility index (Phi) is 5.35. The molecule has 3 nitrogen and oxygen atoms in total. The summed E-state index contributed by atoms with van der Waals surface area (Å²) in [6, 6.07) is 7.50. The monoisotopic (exact) mass is 248 g/mol. The zero-order valence-corrected chi connectivity index (χ0v) is 11.8. The Morgan fingerprint density at radius 2 is 1.94 bits per heavy atom. The van der Waals surface area contributed by atoms with E-state index in [0.29, 0.717) is 12.5 Å². The number of hydrogen-bond donors (Lipinski definition) is 1. The van der Waals surface area contributed by atoms with Gasteiger partial charge in [-0.25, -0.2) is 0 Å². The third-order valence-corrected chi connectivity index (χ3v) is 3.03. The second kappa shape index (κ2) is 6.55. The number of aryl methyl sites for hydroxylation is 1. The minimum absolute atomic E-state index is 0.0144. The van der Waals surface area contributed by atoms with Gasteiger partial charge in [0.25, 0.3) is 0 Å². The van der Waals surface area contributed by atoms with Crippen molar-refractivity contribution in [3.05, 3.63) is 29.8 Å². The Labute approximate surface area is 110 Å². The molecule has 2 N–H and O–H groups in total. The van der Waals surface area contributed by atoms with Gasteiger partial charge in [-0.3, -0.25) is 4.79 Å². The minimum Gasteiger partial charge on any atom is -0.320 e. The van der Waals surface area contributed by atoms with E-state index in [1.165, 1.54) is 0 Å². The maximum atomic E-state index is 12.4. The number of hydrogen-bond acceptors (Lipinski definition) is 2. The number of rotatable bonds is 5. The van der Waals surface area contributed by atoms with Gasteiger partial charge in [-0.15, -0.1) is 0 Å². The first-order valence-electron chi connectivity index (χ1n) is 6.60. The van der Waals surface area contributed by atoms with Crippen LogP contribution < -0.4 is 10.6 Å². The van der Waals surface area contributed by atoms with Crippen LogP contribution in [0.1, 0.15) is 32.8 Å². The molecule has 0 spiro atoms. The number of para-hydroxylation sites is 1. The van der Waals surface area contributed by atoms with Gasteiger partial charge in [0, 0.05) is 12.2 Å². The number of anilines is 1. The van der Waals surface area contributed by atoms with Crippen LogP contribution in [0.25, 0.3) is 0 Å². The largest absolute Gasteiger partial charge is 0.320 e. The molecule has 0 aromatic heterocycles. The molecule has 1 atom stereocenters. The normalized spacial score (nSPS) is 12.6. The van der Waals surface area contributed by atoms with E-state index in [9.17, 15) is 4.79 Å². The lowest BCUT2D eigenvalue weighted by molar-refractivity contribution is -0.120.